The minimum atomic E-state index is -0.421. The van der Waals surface area contributed by atoms with Crippen LogP contribution in [0.4, 0.5) is 21.9 Å². The van der Waals surface area contributed by atoms with E-state index >= 15 is 0 Å². The van der Waals surface area contributed by atoms with Crippen molar-refractivity contribution in [2.75, 3.05) is 16.0 Å². The fourth-order valence-corrected chi connectivity index (χ4v) is 3.00. The highest BCUT2D eigenvalue weighted by Crippen LogP contribution is 2.25. The number of nitrogens with one attached hydrogen (secondary N) is 4. The highest BCUT2D eigenvalue weighted by molar-refractivity contribution is 6.00. The van der Waals surface area contributed by atoms with Crippen LogP contribution in [0.1, 0.15) is 16.7 Å². The first-order valence-corrected chi connectivity index (χ1v) is 9.62. The zero-order chi connectivity index (χ0) is 20.9. The van der Waals surface area contributed by atoms with Gasteiger partial charge < -0.3 is 26.0 Å². The third-order valence-electron chi connectivity index (χ3n) is 4.65. The van der Waals surface area contributed by atoms with Gasteiger partial charge in [-0.1, -0.05) is 23.8 Å². The van der Waals surface area contributed by atoms with Crippen LogP contribution in [0.2, 0.25) is 0 Å². The molecule has 3 aromatic rings. The van der Waals surface area contributed by atoms with Gasteiger partial charge in [0.05, 0.1) is 0 Å². The van der Waals surface area contributed by atoms with E-state index in [0.717, 1.165) is 28.1 Å². The number of benzene rings is 2. The minimum Gasteiger partial charge on any atom is -0.450 e. The fraction of sp³-hybridized carbons (Fsp3) is 0.130. The lowest BCUT2D eigenvalue weighted by molar-refractivity contribution is 0.199. The van der Waals surface area contributed by atoms with Gasteiger partial charge >= 0.3 is 6.03 Å². The second kappa shape index (κ2) is 8.57. The van der Waals surface area contributed by atoms with E-state index in [2.05, 4.69) is 26.3 Å². The van der Waals surface area contributed by atoms with Gasteiger partial charge in [-0.25, -0.2) is 4.79 Å². The predicted molar refractivity (Wildman–Crippen MR) is 119 cm³/mol. The number of ether oxygens (including phenoxy) is 1. The second-order valence-electron chi connectivity index (χ2n) is 7.03. The van der Waals surface area contributed by atoms with Crippen molar-refractivity contribution in [2.24, 2.45) is 0 Å². The summed E-state index contributed by atoms with van der Waals surface area (Å²) in [5.74, 6) is 0.713. The lowest BCUT2D eigenvalue weighted by Crippen LogP contribution is -2.30. The number of amides is 2. The normalized spacial score (nSPS) is 14.9. The molecule has 2 aromatic carbocycles. The van der Waals surface area contributed by atoms with Crippen LogP contribution in [0.15, 0.2) is 73.2 Å². The first-order valence-electron chi connectivity index (χ1n) is 9.62. The van der Waals surface area contributed by atoms with Gasteiger partial charge in [0.15, 0.2) is 0 Å². The molecule has 0 radical (unpaired) electrons. The molecule has 0 fully saturated rings. The van der Waals surface area contributed by atoms with Crippen LogP contribution in [0, 0.1) is 13.8 Å². The molecule has 2 heterocycles. The summed E-state index contributed by atoms with van der Waals surface area (Å²) >= 11 is 0. The number of hydrogen-bond donors (Lipinski definition) is 4. The van der Waals surface area contributed by atoms with Gasteiger partial charge in [-0.05, 0) is 55.8 Å². The predicted octanol–water partition coefficient (Wildman–Crippen LogP) is 4.66. The van der Waals surface area contributed by atoms with Crippen molar-refractivity contribution in [2.45, 2.75) is 20.2 Å². The third-order valence-corrected chi connectivity index (χ3v) is 4.65. The number of anilines is 3. The van der Waals surface area contributed by atoms with Gasteiger partial charge in [-0.2, -0.15) is 0 Å². The lowest BCUT2D eigenvalue weighted by Gasteiger charge is -2.18. The van der Waals surface area contributed by atoms with Crippen molar-refractivity contribution >= 4 is 28.9 Å². The van der Waals surface area contributed by atoms with Crippen LogP contribution in [-0.4, -0.2) is 17.4 Å². The Labute approximate surface area is 175 Å². The van der Waals surface area contributed by atoms with Crippen LogP contribution in [0.5, 0.6) is 0 Å². The Bertz CT molecular complexity index is 1060. The van der Waals surface area contributed by atoms with Gasteiger partial charge in [0.2, 0.25) is 6.35 Å². The molecular formula is C23H23N5O2. The minimum absolute atomic E-state index is 0.301. The van der Waals surface area contributed by atoms with Gasteiger partial charge in [0.1, 0.15) is 5.76 Å². The zero-order valence-electron chi connectivity index (χ0n) is 16.8. The fourth-order valence-electron chi connectivity index (χ4n) is 3.00. The van der Waals surface area contributed by atoms with Crippen molar-refractivity contribution in [3.8, 4) is 0 Å². The molecule has 2 amide bonds. The third kappa shape index (κ3) is 4.70. The summed E-state index contributed by atoms with van der Waals surface area (Å²) in [7, 11) is 0. The lowest BCUT2D eigenvalue weighted by atomic mass is 10.2. The number of urea groups is 1. The van der Waals surface area contributed by atoms with E-state index in [1.165, 1.54) is 0 Å². The molecule has 0 spiro atoms. The molecule has 0 bridgehead atoms. The summed E-state index contributed by atoms with van der Waals surface area (Å²) in [4.78, 5) is 16.4. The summed E-state index contributed by atoms with van der Waals surface area (Å²) < 4.78 is 5.92. The molecular weight excluding hydrogens is 378 g/mol. The second-order valence-corrected chi connectivity index (χ2v) is 7.03. The van der Waals surface area contributed by atoms with Gasteiger partial charge in [-0.3, -0.25) is 4.98 Å². The van der Waals surface area contributed by atoms with Crippen molar-refractivity contribution in [1.82, 2.24) is 10.3 Å². The smallest absolute Gasteiger partial charge is 0.323 e. The Morgan fingerprint density at radius 3 is 2.57 bits per heavy atom. The first-order chi connectivity index (χ1) is 14.6. The topological polar surface area (TPSA) is 87.3 Å². The first kappa shape index (κ1) is 19.3. The highest BCUT2D eigenvalue weighted by atomic mass is 16.5. The molecule has 0 aliphatic carbocycles. The maximum absolute atomic E-state index is 12.3. The number of rotatable bonds is 5. The quantitative estimate of drug-likeness (QED) is 0.500. The Kier molecular flexibility index (Phi) is 5.52. The average molecular weight is 401 g/mol. The molecule has 30 heavy (non-hydrogen) atoms. The van der Waals surface area contributed by atoms with Crippen molar-refractivity contribution in [3.63, 3.8) is 0 Å². The van der Waals surface area contributed by atoms with Gasteiger partial charge in [0, 0.05) is 41.2 Å². The monoisotopic (exact) mass is 401 g/mol. The molecule has 1 aromatic heterocycles. The van der Waals surface area contributed by atoms with Crippen LogP contribution in [0.25, 0.3) is 5.76 Å². The Hall–Kier alpha value is -4.00. The van der Waals surface area contributed by atoms with E-state index in [1.807, 2.05) is 68.4 Å². The Balaban J connectivity index is 1.37. The molecule has 4 rings (SSSR count). The SMILES string of the molecule is Cc1ccc(NC(=O)Nc2ccc(C)c(NC3NC=C(c4cccnc4)O3)c2)cc1. The number of nitrogens with zero attached hydrogens (tertiary/aromatic N) is 1. The molecule has 1 aliphatic heterocycles. The van der Waals surface area contributed by atoms with E-state index in [9.17, 15) is 4.79 Å². The molecule has 1 atom stereocenters. The van der Waals surface area contributed by atoms with E-state index in [1.54, 1.807) is 18.6 Å². The highest BCUT2D eigenvalue weighted by Gasteiger charge is 2.19. The van der Waals surface area contributed by atoms with Crippen LogP contribution >= 0.6 is 0 Å². The van der Waals surface area contributed by atoms with E-state index in [0.29, 0.717) is 11.4 Å². The maximum atomic E-state index is 12.3. The molecule has 7 heteroatoms. The van der Waals surface area contributed by atoms with Crippen LogP contribution < -0.4 is 21.3 Å². The number of aromatic nitrogens is 1. The summed E-state index contributed by atoms with van der Waals surface area (Å²) in [5, 5.41) is 12.1. The summed E-state index contributed by atoms with van der Waals surface area (Å²) in [6.07, 6.45) is 4.86. The molecule has 0 saturated carbocycles. The van der Waals surface area contributed by atoms with E-state index in [4.69, 9.17) is 4.74 Å². The van der Waals surface area contributed by atoms with Crippen molar-refractivity contribution in [3.05, 3.63) is 89.9 Å². The number of hydrogen-bond acceptors (Lipinski definition) is 5. The van der Waals surface area contributed by atoms with Gasteiger partial charge in [0.25, 0.3) is 0 Å². The van der Waals surface area contributed by atoms with Crippen molar-refractivity contribution < 1.29 is 9.53 Å². The number of carbonyl (C=O) groups excluding carboxylic acids is 1. The van der Waals surface area contributed by atoms with Crippen LogP contribution in [-0.2, 0) is 4.74 Å². The summed E-state index contributed by atoms with van der Waals surface area (Å²) in [5.41, 5.74) is 5.32. The molecule has 152 valence electrons. The summed E-state index contributed by atoms with van der Waals surface area (Å²) in [6, 6.07) is 16.8. The van der Waals surface area contributed by atoms with Crippen molar-refractivity contribution in [1.29, 1.82) is 0 Å². The zero-order valence-corrected chi connectivity index (χ0v) is 16.8. The standard InChI is InChI=1S/C23H23N5O2/c1-15-5-8-18(9-6-15)26-22(29)27-19-10-7-16(2)20(12-19)28-23-25-14-21(30-23)17-4-3-11-24-13-17/h3-14,23,25,28H,1-2H3,(H2,26,27,29). The molecule has 1 unspecified atom stereocenters. The maximum Gasteiger partial charge on any atom is 0.323 e. The van der Waals surface area contributed by atoms with Gasteiger partial charge in [-0.15, -0.1) is 0 Å². The molecule has 4 N–H and O–H groups in total. The number of pyridine rings is 1. The molecule has 7 nitrogen and oxygen atoms in total. The number of carbonyl (C=O) groups is 1. The summed E-state index contributed by atoms with van der Waals surface area (Å²) in [6.45, 7) is 3.99. The molecule has 1 aliphatic rings. The Morgan fingerprint density at radius 1 is 1.03 bits per heavy atom. The largest absolute Gasteiger partial charge is 0.450 e. The molecule has 0 saturated heterocycles. The Morgan fingerprint density at radius 2 is 1.80 bits per heavy atom. The van der Waals surface area contributed by atoms with E-state index in [-0.39, 0.29) is 6.03 Å². The number of aryl methyl sites for hydroxylation is 2. The van der Waals surface area contributed by atoms with E-state index < -0.39 is 6.35 Å². The van der Waals surface area contributed by atoms with Crippen LogP contribution in [0.3, 0.4) is 0 Å². The average Bonchev–Trinajstić information content (AvgIpc) is 3.21.